The first-order valence-corrected chi connectivity index (χ1v) is 12.4. The van der Waals surface area contributed by atoms with Gasteiger partial charge in [0.2, 0.25) is 10.0 Å². The maximum atomic E-state index is 13.4. The van der Waals surface area contributed by atoms with Crippen molar-refractivity contribution >= 4 is 19.9 Å². The highest BCUT2D eigenvalue weighted by molar-refractivity contribution is 7.92. The molecule has 2 aromatic carbocycles. The van der Waals surface area contributed by atoms with Crippen LogP contribution in [0.15, 0.2) is 59.5 Å². The van der Waals surface area contributed by atoms with Crippen LogP contribution in [0.4, 0.5) is 0 Å². The lowest BCUT2D eigenvalue weighted by molar-refractivity contribution is 0.125. The highest BCUT2D eigenvalue weighted by Crippen LogP contribution is 2.28. The van der Waals surface area contributed by atoms with Crippen LogP contribution >= 0.6 is 0 Å². The summed E-state index contributed by atoms with van der Waals surface area (Å²) in [5.41, 5.74) is 1.73. The van der Waals surface area contributed by atoms with E-state index >= 15 is 0 Å². The zero-order chi connectivity index (χ0) is 20.5. The van der Waals surface area contributed by atoms with Crippen LogP contribution in [0.1, 0.15) is 30.9 Å². The van der Waals surface area contributed by atoms with Gasteiger partial charge >= 0.3 is 0 Å². The van der Waals surface area contributed by atoms with E-state index in [0.29, 0.717) is 0 Å². The molecule has 0 radical (unpaired) electrons. The molecule has 2 atom stereocenters. The molecule has 0 bridgehead atoms. The molecule has 1 heterocycles. The summed E-state index contributed by atoms with van der Waals surface area (Å²) in [6.07, 6.45) is -1.25. The second-order valence-corrected chi connectivity index (χ2v) is 11.5. The highest BCUT2D eigenvalue weighted by atomic mass is 32.2. The third-order valence-electron chi connectivity index (χ3n) is 5.00. The minimum atomic E-state index is -4.00. The number of sulfone groups is 1. The van der Waals surface area contributed by atoms with Crippen molar-refractivity contribution in [2.75, 3.05) is 11.5 Å². The molecule has 0 spiro atoms. The molecule has 1 aliphatic rings. The van der Waals surface area contributed by atoms with Gasteiger partial charge in [-0.3, -0.25) is 0 Å². The van der Waals surface area contributed by atoms with Gasteiger partial charge in [0.25, 0.3) is 0 Å². The average Bonchev–Trinajstić information content (AvgIpc) is 2.92. The molecule has 1 aliphatic heterocycles. The summed E-state index contributed by atoms with van der Waals surface area (Å²) >= 11 is 0. The molecule has 0 unspecified atom stereocenters. The van der Waals surface area contributed by atoms with Crippen molar-refractivity contribution in [1.29, 1.82) is 0 Å². The lowest BCUT2D eigenvalue weighted by atomic mass is 10.0. The van der Waals surface area contributed by atoms with Gasteiger partial charge in [0, 0.05) is 6.54 Å². The Balaban J connectivity index is 2.02. The van der Waals surface area contributed by atoms with Gasteiger partial charge in [0.15, 0.2) is 9.84 Å². The van der Waals surface area contributed by atoms with Crippen LogP contribution < -0.4 is 0 Å². The Labute approximate surface area is 166 Å². The molecule has 8 heteroatoms. The number of aliphatic hydroxyl groups is 1. The van der Waals surface area contributed by atoms with Gasteiger partial charge in [-0.05, 0) is 29.2 Å². The third-order valence-corrected chi connectivity index (χ3v) is 8.58. The Morgan fingerprint density at radius 1 is 1.04 bits per heavy atom. The Hall–Kier alpha value is -1.74. The van der Waals surface area contributed by atoms with E-state index in [4.69, 9.17) is 0 Å². The first kappa shape index (κ1) is 21.0. The Morgan fingerprint density at radius 3 is 2.14 bits per heavy atom. The molecule has 152 valence electrons. The highest BCUT2D eigenvalue weighted by Gasteiger charge is 2.44. The maximum absolute atomic E-state index is 13.4. The van der Waals surface area contributed by atoms with Gasteiger partial charge in [-0.2, -0.15) is 4.31 Å². The molecule has 1 fully saturated rings. The predicted octanol–water partition coefficient (Wildman–Crippen LogP) is 2.16. The molecule has 0 amide bonds. The van der Waals surface area contributed by atoms with Crippen molar-refractivity contribution in [3.8, 4) is 0 Å². The molecular formula is C20H25NO5S2. The first-order valence-electron chi connectivity index (χ1n) is 9.14. The molecule has 0 saturated carbocycles. The Kier molecular flexibility index (Phi) is 5.95. The van der Waals surface area contributed by atoms with Gasteiger partial charge in [0.1, 0.15) is 0 Å². The molecule has 3 rings (SSSR count). The molecule has 6 nitrogen and oxygen atoms in total. The Morgan fingerprint density at radius 2 is 1.64 bits per heavy atom. The molecule has 1 saturated heterocycles. The summed E-state index contributed by atoms with van der Waals surface area (Å²) in [5.74, 6) is -0.548. The van der Waals surface area contributed by atoms with Gasteiger partial charge in [-0.25, -0.2) is 16.8 Å². The Bertz CT molecular complexity index is 1020. The molecule has 1 N–H and O–H groups in total. The van der Waals surface area contributed by atoms with E-state index in [1.54, 1.807) is 48.5 Å². The van der Waals surface area contributed by atoms with Gasteiger partial charge in [-0.1, -0.05) is 56.3 Å². The van der Waals surface area contributed by atoms with Crippen molar-refractivity contribution < 1.29 is 21.9 Å². The maximum Gasteiger partial charge on any atom is 0.243 e. The summed E-state index contributed by atoms with van der Waals surface area (Å²) in [6, 6.07) is 14.6. The van der Waals surface area contributed by atoms with Gasteiger partial charge in [0.05, 0.1) is 28.5 Å². The van der Waals surface area contributed by atoms with Crippen molar-refractivity contribution in [2.24, 2.45) is 0 Å². The van der Waals surface area contributed by atoms with Crippen molar-refractivity contribution in [1.82, 2.24) is 4.31 Å². The summed E-state index contributed by atoms with van der Waals surface area (Å²) in [7, 11) is -7.50. The van der Waals surface area contributed by atoms with Gasteiger partial charge < -0.3 is 5.11 Å². The fourth-order valence-electron chi connectivity index (χ4n) is 3.39. The van der Waals surface area contributed by atoms with Crippen LogP contribution in [0.25, 0.3) is 0 Å². The third kappa shape index (κ3) is 4.46. The monoisotopic (exact) mass is 423 g/mol. The minimum Gasteiger partial charge on any atom is -0.390 e. The van der Waals surface area contributed by atoms with E-state index in [1.165, 1.54) is 0 Å². The topological polar surface area (TPSA) is 91.8 Å². The van der Waals surface area contributed by atoms with Crippen LogP contribution in [0.2, 0.25) is 0 Å². The summed E-state index contributed by atoms with van der Waals surface area (Å²) in [6.45, 7) is 4.03. The second-order valence-electron chi connectivity index (χ2n) is 7.47. The van der Waals surface area contributed by atoms with Crippen molar-refractivity contribution in [3.63, 3.8) is 0 Å². The van der Waals surface area contributed by atoms with Crippen molar-refractivity contribution in [3.05, 3.63) is 65.7 Å². The van der Waals surface area contributed by atoms with Crippen LogP contribution in [0.5, 0.6) is 0 Å². The SMILES string of the molecule is CC(C)c1ccc(S(=O)(=O)N(Cc2ccccc2)[C@@H]2CS(=O)(=O)C[C@H]2O)cc1. The normalized spacial score (nSPS) is 22.0. The number of sulfonamides is 1. The molecule has 0 aliphatic carbocycles. The lowest BCUT2D eigenvalue weighted by Crippen LogP contribution is -2.46. The first-order chi connectivity index (χ1) is 13.1. The predicted molar refractivity (Wildman–Crippen MR) is 108 cm³/mol. The zero-order valence-corrected chi connectivity index (χ0v) is 17.5. The summed E-state index contributed by atoms with van der Waals surface area (Å²) < 4.78 is 51.9. The minimum absolute atomic E-state index is 0.00759. The molecule has 2 aromatic rings. The van der Waals surface area contributed by atoms with E-state index in [9.17, 15) is 21.9 Å². The lowest BCUT2D eigenvalue weighted by Gasteiger charge is -2.29. The van der Waals surface area contributed by atoms with E-state index in [0.717, 1.165) is 15.4 Å². The second kappa shape index (κ2) is 7.94. The van der Waals surface area contributed by atoms with Crippen LogP contribution in [0, 0.1) is 0 Å². The number of nitrogens with zero attached hydrogens (tertiary/aromatic N) is 1. The quantitative estimate of drug-likeness (QED) is 0.769. The van der Waals surface area contributed by atoms with Crippen LogP contribution in [-0.2, 0) is 26.4 Å². The zero-order valence-electron chi connectivity index (χ0n) is 15.9. The average molecular weight is 424 g/mol. The summed E-state index contributed by atoms with van der Waals surface area (Å²) in [4.78, 5) is 0.0873. The molecular weight excluding hydrogens is 398 g/mol. The van der Waals surface area contributed by atoms with E-state index < -0.39 is 37.8 Å². The number of rotatable bonds is 6. The fraction of sp³-hybridized carbons (Fsp3) is 0.400. The number of aliphatic hydroxyl groups excluding tert-OH is 1. The van der Waals surface area contributed by atoms with E-state index in [-0.39, 0.29) is 23.1 Å². The number of hydrogen-bond acceptors (Lipinski definition) is 5. The fourth-order valence-corrected chi connectivity index (χ4v) is 6.93. The largest absolute Gasteiger partial charge is 0.390 e. The van der Waals surface area contributed by atoms with Crippen molar-refractivity contribution in [2.45, 2.75) is 43.4 Å². The van der Waals surface area contributed by atoms with E-state index in [2.05, 4.69) is 0 Å². The standard InChI is InChI=1S/C20H25NO5S2/c1-15(2)17-8-10-18(11-9-17)28(25,26)21(12-16-6-4-3-5-7-16)19-13-27(23,24)14-20(19)22/h3-11,15,19-20,22H,12-14H2,1-2H3/t19-,20-/m1/s1. The number of benzene rings is 2. The molecule has 0 aromatic heterocycles. The summed E-state index contributed by atoms with van der Waals surface area (Å²) in [5, 5.41) is 10.3. The smallest absolute Gasteiger partial charge is 0.243 e. The van der Waals surface area contributed by atoms with Gasteiger partial charge in [-0.15, -0.1) is 0 Å². The van der Waals surface area contributed by atoms with Crippen LogP contribution in [-0.4, -0.2) is 49.9 Å². The molecule has 28 heavy (non-hydrogen) atoms. The van der Waals surface area contributed by atoms with Crippen LogP contribution in [0.3, 0.4) is 0 Å². The van der Waals surface area contributed by atoms with E-state index in [1.807, 2.05) is 19.9 Å². The number of hydrogen-bond donors (Lipinski definition) is 1.